The standard InChI is InChI=1S/C13H18N4O2S2/c1-2-9(3-5-18)7-14-12(19)15-13-17-16-11(21-13)10-4-6-20-8-10/h4,6,8-9,18H,2-3,5,7H2,1H3,(H2,14,15,17,19). The van der Waals surface area contributed by atoms with E-state index < -0.39 is 0 Å². The number of aromatic nitrogens is 2. The van der Waals surface area contributed by atoms with Gasteiger partial charge in [0.1, 0.15) is 5.01 Å². The van der Waals surface area contributed by atoms with Crippen LogP contribution in [0.5, 0.6) is 0 Å². The van der Waals surface area contributed by atoms with Gasteiger partial charge in [-0.05, 0) is 23.8 Å². The first-order chi connectivity index (χ1) is 10.2. The Morgan fingerprint density at radius 3 is 3.00 bits per heavy atom. The number of aliphatic hydroxyl groups excluding tert-OH is 1. The molecule has 1 unspecified atom stereocenters. The molecule has 21 heavy (non-hydrogen) atoms. The number of hydrogen-bond donors (Lipinski definition) is 3. The monoisotopic (exact) mass is 326 g/mol. The number of anilines is 1. The molecule has 0 radical (unpaired) electrons. The van der Waals surface area contributed by atoms with Gasteiger partial charge in [0.05, 0.1) is 0 Å². The summed E-state index contributed by atoms with van der Waals surface area (Å²) < 4.78 is 0. The van der Waals surface area contributed by atoms with Crippen LogP contribution in [0.25, 0.3) is 10.6 Å². The average Bonchev–Trinajstić information content (AvgIpc) is 3.14. The molecule has 0 saturated carbocycles. The Balaban J connectivity index is 1.83. The number of thiophene rings is 1. The van der Waals surface area contributed by atoms with Gasteiger partial charge in [0.15, 0.2) is 0 Å². The van der Waals surface area contributed by atoms with Crippen LogP contribution >= 0.6 is 22.7 Å². The first-order valence-corrected chi connectivity index (χ1v) is 8.50. The molecule has 0 aliphatic rings. The molecule has 114 valence electrons. The number of nitrogens with one attached hydrogen (secondary N) is 2. The molecular weight excluding hydrogens is 308 g/mol. The van der Waals surface area contributed by atoms with Crippen LogP contribution in [-0.4, -0.2) is 34.5 Å². The van der Waals surface area contributed by atoms with Crippen LogP contribution in [0.1, 0.15) is 19.8 Å². The minimum absolute atomic E-state index is 0.141. The highest BCUT2D eigenvalue weighted by molar-refractivity contribution is 7.19. The summed E-state index contributed by atoms with van der Waals surface area (Å²) in [6, 6.07) is 1.68. The van der Waals surface area contributed by atoms with E-state index >= 15 is 0 Å². The van der Waals surface area contributed by atoms with Crippen LogP contribution in [-0.2, 0) is 0 Å². The maximum absolute atomic E-state index is 11.8. The van der Waals surface area contributed by atoms with Crippen molar-refractivity contribution in [1.82, 2.24) is 15.5 Å². The zero-order chi connectivity index (χ0) is 15.1. The van der Waals surface area contributed by atoms with E-state index in [1.807, 2.05) is 23.8 Å². The molecule has 0 aliphatic heterocycles. The van der Waals surface area contributed by atoms with Gasteiger partial charge in [0.2, 0.25) is 5.13 Å². The third-order valence-electron chi connectivity index (χ3n) is 3.08. The SMILES string of the molecule is CCC(CCO)CNC(=O)Nc1nnc(-c2ccsc2)s1. The maximum atomic E-state index is 11.8. The molecule has 6 nitrogen and oxygen atoms in total. The largest absolute Gasteiger partial charge is 0.396 e. The van der Waals surface area contributed by atoms with Gasteiger partial charge in [0, 0.05) is 24.1 Å². The Morgan fingerprint density at radius 1 is 1.48 bits per heavy atom. The molecule has 0 spiro atoms. The smallest absolute Gasteiger partial charge is 0.321 e. The zero-order valence-electron chi connectivity index (χ0n) is 11.7. The van der Waals surface area contributed by atoms with Gasteiger partial charge < -0.3 is 10.4 Å². The van der Waals surface area contributed by atoms with Crippen molar-refractivity contribution in [3.05, 3.63) is 16.8 Å². The molecule has 0 saturated heterocycles. The van der Waals surface area contributed by atoms with E-state index in [1.165, 1.54) is 11.3 Å². The molecule has 0 bridgehead atoms. The summed E-state index contributed by atoms with van der Waals surface area (Å²) in [7, 11) is 0. The predicted molar refractivity (Wildman–Crippen MR) is 85.7 cm³/mol. The summed E-state index contributed by atoms with van der Waals surface area (Å²) in [5.74, 6) is 0.288. The summed E-state index contributed by atoms with van der Waals surface area (Å²) in [5, 5.41) is 27.6. The third-order valence-corrected chi connectivity index (χ3v) is 4.65. The number of hydrogen-bond acceptors (Lipinski definition) is 6. The number of aliphatic hydroxyl groups is 1. The molecule has 3 N–H and O–H groups in total. The van der Waals surface area contributed by atoms with Crippen LogP contribution in [0.3, 0.4) is 0 Å². The zero-order valence-corrected chi connectivity index (χ0v) is 13.3. The molecule has 2 amide bonds. The van der Waals surface area contributed by atoms with Crippen molar-refractivity contribution in [3.8, 4) is 10.6 Å². The number of rotatable bonds is 7. The first kappa shape index (κ1) is 15.9. The minimum Gasteiger partial charge on any atom is -0.396 e. The molecule has 1 atom stereocenters. The third kappa shape index (κ3) is 4.76. The summed E-state index contributed by atoms with van der Waals surface area (Å²) in [4.78, 5) is 11.8. The van der Waals surface area contributed by atoms with E-state index in [2.05, 4.69) is 20.8 Å². The van der Waals surface area contributed by atoms with Crippen molar-refractivity contribution in [2.45, 2.75) is 19.8 Å². The predicted octanol–water partition coefficient (Wildman–Crippen LogP) is 2.80. The van der Waals surface area contributed by atoms with Gasteiger partial charge in [-0.3, -0.25) is 5.32 Å². The van der Waals surface area contributed by atoms with E-state index in [1.54, 1.807) is 11.3 Å². The quantitative estimate of drug-likeness (QED) is 0.730. The Hall–Kier alpha value is -1.51. The molecular formula is C13H18N4O2S2. The minimum atomic E-state index is -0.292. The second-order valence-electron chi connectivity index (χ2n) is 4.55. The highest BCUT2D eigenvalue weighted by Crippen LogP contribution is 2.27. The lowest BCUT2D eigenvalue weighted by molar-refractivity contribution is 0.238. The van der Waals surface area contributed by atoms with Crippen LogP contribution in [0.15, 0.2) is 16.8 Å². The molecule has 2 rings (SSSR count). The second kappa shape index (κ2) is 8.06. The highest BCUT2D eigenvalue weighted by atomic mass is 32.1. The van der Waals surface area contributed by atoms with Gasteiger partial charge in [-0.2, -0.15) is 11.3 Å². The summed E-state index contributed by atoms with van der Waals surface area (Å²) in [6.07, 6.45) is 1.61. The fourth-order valence-electron chi connectivity index (χ4n) is 1.79. The first-order valence-electron chi connectivity index (χ1n) is 6.74. The molecule has 2 heterocycles. The fraction of sp³-hybridized carbons (Fsp3) is 0.462. The van der Waals surface area contributed by atoms with E-state index in [4.69, 9.17) is 5.11 Å². The Labute approximate surface area is 131 Å². The summed E-state index contributed by atoms with van der Waals surface area (Å²) >= 11 is 2.94. The lowest BCUT2D eigenvalue weighted by Crippen LogP contribution is -2.33. The van der Waals surface area contributed by atoms with Gasteiger partial charge in [-0.1, -0.05) is 24.7 Å². The van der Waals surface area contributed by atoms with E-state index in [0.29, 0.717) is 18.1 Å². The number of amides is 2. The number of urea groups is 1. The maximum Gasteiger partial charge on any atom is 0.321 e. The van der Waals surface area contributed by atoms with Gasteiger partial charge in [-0.25, -0.2) is 4.79 Å². The summed E-state index contributed by atoms with van der Waals surface area (Å²) in [5.41, 5.74) is 1.01. The van der Waals surface area contributed by atoms with Crippen molar-refractivity contribution in [3.63, 3.8) is 0 Å². The Kier molecular flexibility index (Phi) is 6.09. The Morgan fingerprint density at radius 2 is 2.33 bits per heavy atom. The van der Waals surface area contributed by atoms with Gasteiger partial charge in [-0.15, -0.1) is 10.2 Å². The molecule has 2 aromatic rings. The van der Waals surface area contributed by atoms with E-state index in [0.717, 1.165) is 17.0 Å². The number of carbonyl (C=O) groups excluding carboxylic acids is 1. The molecule has 0 fully saturated rings. The molecule has 0 aromatic carbocycles. The van der Waals surface area contributed by atoms with E-state index in [-0.39, 0.29) is 18.6 Å². The van der Waals surface area contributed by atoms with Crippen LogP contribution < -0.4 is 10.6 Å². The molecule has 2 aromatic heterocycles. The van der Waals surface area contributed by atoms with Crippen molar-refractivity contribution >= 4 is 33.8 Å². The number of carbonyl (C=O) groups is 1. The van der Waals surface area contributed by atoms with Gasteiger partial charge in [0.25, 0.3) is 0 Å². The average molecular weight is 326 g/mol. The topological polar surface area (TPSA) is 87.1 Å². The fourth-order valence-corrected chi connectivity index (χ4v) is 3.24. The molecule has 0 aliphatic carbocycles. The van der Waals surface area contributed by atoms with Crippen LogP contribution in [0.2, 0.25) is 0 Å². The van der Waals surface area contributed by atoms with Crippen molar-refractivity contribution in [2.24, 2.45) is 5.92 Å². The van der Waals surface area contributed by atoms with Crippen molar-refractivity contribution in [1.29, 1.82) is 0 Å². The van der Waals surface area contributed by atoms with Crippen LogP contribution in [0, 0.1) is 5.92 Å². The lowest BCUT2D eigenvalue weighted by Gasteiger charge is -2.13. The Bertz CT molecular complexity index is 556. The van der Waals surface area contributed by atoms with Crippen molar-refractivity contribution < 1.29 is 9.90 Å². The summed E-state index contributed by atoms with van der Waals surface area (Å²) in [6.45, 7) is 2.72. The number of nitrogens with zero attached hydrogens (tertiary/aromatic N) is 2. The molecule has 8 heteroatoms. The van der Waals surface area contributed by atoms with E-state index in [9.17, 15) is 4.79 Å². The van der Waals surface area contributed by atoms with Crippen molar-refractivity contribution in [2.75, 3.05) is 18.5 Å². The normalized spacial score (nSPS) is 12.1. The van der Waals surface area contributed by atoms with Crippen LogP contribution in [0.4, 0.5) is 9.93 Å². The van der Waals surface area contributed by atoms with Gasteiger partial charge >= 0.3 is 6.03 Å². The lowest BCUT2D eigenvalue weighted by atomic mass is 10.0. The highest BCUT2D eigenvalue weighted by Gasteiger charge is 2.11. The second-order valence-corrected chi connectivity index (χ2v) is 6.30.